The maximum Gasteiger partial charge on any atom is 0.262 e. The Bertz CT molecular complexity index is 437. The van der Waals surface area contributed by atoms with E-state index in [9.17, 15) is 13.6 Å². The molecular formula is C12H13F2NO. The largest absolute Gasteiger partial charge is 0.328 e. The van der Waals surface area contributed by atoms with Crippen LogP contribution in [0.25, 0.3) is 0 Å². The first kappa shape index (κ1) is 11.0. The van der Waals surface area contributed by atoms with Gasteiger partial charge >= 0.3 is 0 Å². The maximum absolute atomic E-state index is 12.9. The standard InChI is InChI=1S/C12H13F2NO/c1-8-4-3-5-9-6-15(7-12(2,13)14)11(16)10(8)9/h3-5H,6-7H2,1-2H3. The molecule has 1 aromatic carbocycles. The number of hydrogen-bond acceptors (Lipinski definition) is 1. The molecule has 0 unspecified atom stereocenters. The Hall–Kier alpha value is -1.45. The number of carbonyl (C=O) groups excluding carboxylic acids is 1. The number of alkyl halides is 2. The highest BCUT2D eigenvalue weighted by Crippen LogP contribution is 2.27. The van der Waals surface area contributed by atoms with E-state index in [0.29, 0.717) is 12.1 Å². The Labute approximate surface area is 92.9 Å². The Morgan fingerprint density at radius 1 is 1.44 bits per heavy atom. The lowest BCUT2D eigenvalue weighted by Crippen LogP contribution is -2.35. The third-order valence-electron chi connectivity index (χ3n) is 2.69. The third kappa shape index (κ3) is 1.92. The monoisotopic (exact) mass is 225 g/mol. The number of aryl methyl sites for hydroxylation is 1. The van der Waals surface area contributed by atoms with Gasteiger partial charge in [0.05, 0.1) is 6.54 Å². The van der Waals surface area contributed by atoms with Gasteiger partial charge in [-0.05, 0) is 18.1 Å². The van der Waals surface area contributed by atoms with Crippen molar-refractivity contribution >= 4 is 5.91 Å². The Morgan fingerprint density at radius 2 is 2.12 bits per heavy atom. The highest BCUT2D eigenvalue weighted by atomic mass is 19.3. The van der Waals surface area contributed by atoms with E-state index in [0.717, 1.165) is 18.1 Å². The minimum Gasteiger partial charge on any atom is -0.328 e. The summed E-state index contributed by atoms with van der Waals surface area (Å²) in [4.78, 5) is 13.1. The molecule has 0 atom stereocenters. The van der Waals surface area contributed by atoms with Crippen LogP contribution in [0.2, 0.25) is 0 Å². The Balaban J connectivity index is 2.28. The zero-order valence-corrected chi connectivity index (χ0v) is 9.26. The average molecular weight is 225 g/mol. The number of nitrogens with zero attached hydrogens (tertiary/aromatic N) is 1. The van der Waals surface area contributed by atoms with E-state index in [1.807, 2.05) is 25.1 Å². The maximum atomic E-state index is 12.9. The molecule has 0 saturated carbocycles. The summed E-state index contributed by atoms with van der Waals surface area (Å²) in [7, 11) is 0. The van der Waals surface area contributed by atoms with E-state index in [2.05, 4.69) is 0 Å². The van der Waals surface area contributed by atoms with Crippen molar-refractivity contribution in [1.82, 2.24) is 4.90 Å². The molecule has 0 fully saturated rings. The predicted molar refractivity (Wildman–Crippen MR) is 56.5 cm³/mol. The number of carbonyl (C=O) groups is 1. The van der Waals surface area contributed by atoms with Crippen molar-refractivity contribution in [2.24, 2.45) is 0 Å². The molecule has 0 N–H and O–H groups in total. The highest BCUT2D eigenvalue weighted by molar-refractivity contribution is 5.99. The summed E-state index contributed by atoms with van der Waals surface area (Å²) in [5, 5.41) is 0. The first-order chi connectivity index (χ1) is 7.38. The molecule has 0 aromatic heterocycles. The number of amides is 1. The van der Waals surface area contributed by atoms with Crippen LogP contribution in [0.3, 0.4) is 0 Å². The molecule has 1 aliphatic rings. The second kappa shape index (κ2) is 3.54. The van der Waals surface area contributed by atoms with Gasteiger partial charge in [0.15, 0.2) is 0 Å². The van der Waals surface area contributed by atoms with Gasteiger partial charge in [0.1, 0.15) is 0 Å². The van der Waals surface area contributed by atoms with E-state index in [-0.39, 0.29) is 5.91 Å². The number of halogens is 2. The second-order valence-corrected chi connectivity index (χ2v) is 4.34. The second-order valence-electron chi connectivity index (χ2n) is 4.34. The van der Waals surface area contributed by atoms with Gasteiger partial charge < -0.3 is 4.90 Å². The van der Waals surface area contributed by atoms with E-state index >= 15 is 0 Å². The van der Waals surface area contributed by atoms with Crippen molar-refractivity contribution in [3.63, 3.8) is 0 Å². The van der Waals surface area contributed by atoms with Crippen LogP contribution in [-0.4, -0.2) is 23.3 Å². The van der Waals surface area contributed by atoms with Crippen molar-refractivity contribution in [1.29, 1.82) is 0 Å². The number of hydrogen-bond donors (Lipinski definition) is 0. The summed E-state index contributed by atoms with van der Waals surface area (Å²) < 4.78 is 25.8. The normalized spacial score (nSPS) is 15.5. The molecular weight excluding hydrogens is 212 g/mol. The molecule has 1 amide bonds. The van der Waals surface area contributed by atoms with Gasteiger partial charge in [-0.25, -0.2) is 8.78 Å². The fourth-order valence-electron chi connectivity index (χ4n) is 2.06. The van der Waals surface area contributed by atoms with E-state index < -0.39 is 12.5 Å². The summed E-state index contributed by atoms with van der Waals surface area (Å²) >= 11 is 0. The number of benzene rings is 1. The minimum atomic E-state index is -2.84. The lowest BCUT2D eigenvalue weighted by molar-refractivity contribution is -0.0105. The van der Waals surface area contributed by atoms with Crippen LogP contribution >= 0.6 is 0 Å². The van der Waals surface area contributed by atoms with E-state index in [1.54, 1.807) is 0 Å². The molecule has 16 heavy (non-hydrogen) atoms. The topological polar surface area (TPSA) is 20.3 Å². The smallest absolute Gasteiger partial charge is 0.262 e. The van der Waals surface area contributed by atoms with E-state index in [1.165, 1.54) is 4.90 Å². The van der Waals surface area contributed by atoms with Crippen LogP contribution < -0.4 is 0 Å². The van der Waals surface area contributed by atoms with E-state index in [4.69, 9.17) is 0 Å². The lowest BCUT2D eigenvalue weighted by Gasteiger charge is -2.20. The molecule has 1 heterocycles. The van der Waals surface area contributed by atoms with Gasteiger partial charge in [0.2, 0.25) is 0 Å². The molecule has 1 aliphatic heterocycles. The Morgan fingerprint density at radius 3 is 2.69 bits per heavy atom. The fourth-order valence-corrected chi connectivity index (χ4v) is 2.06. The molecule has 0 bridgehead atoms. The van der Waals surface area contributed by atoms with Gasteiger partial charge in [-0.15, -0.1) is 0 Å². The van der Waals surface area contributed by atoms with Gasteiger partial charge in [-0.2, -0.15) is 0 Å². The SMILES string of the molecule is Cc1cccc2c1C(=O)N(CC(C)(F)F)C2. The van der Waals surface area contributed by atoms with Gasteiger partial charge in [-0.3, -0.25) is 4.79 Å². The summed E-state index contributed by atoms with van der Waals surface area (Å²) in [6.07, 6.45) is 0. The zero-order valence-electron chi connectivity index (χ0n) is 9.26. The summed E-state index contributed by atoms with van der Waals surface area (Å²) in [5.41, 5.74) is 2.28. The van der Waals surface area contributed by atoms with Crippen LogP contribution in [0.5, 0.6) is 0 Å². The lowest BCUT2D eigenvalue weighted by atomic mass is 10.0. The fraction of sp³-hybridized carbons (Fsp3) is 0.417. The van der Waals surface area contributed by atoms with Crippen LogP contribution in [0.1, 0.15) is 28.4 Å². The third-order valence-corrected chi connectivity index (χ3v) is 2.69. The molecule has 2 nitrogen and oxygen atoms in total. The molecule has 86 valence electrons. The molecule has 4 heteroatoms. The quantitative estimate of drug-likeness (QED) is 0.757. The zero-order chi connectivity index (χ0) is 11.9. The molecule has 0 radical (unpaired) electrons. The molecule has 0 spiro atoms. The van der Waals surface area contributed by atoms with Crippen molar-refractivity contribution < 1.29 is 13.6 Å². The van der Waals surface area contributed by atoms with Crippen molar-refractivity contribution in [3.8, 4) is 0 Å². The minimum absolute atomic E-state index is 0.283. The summed E-state index contributed by atoms with van der Waals surface area (Å²) in [6.45, 7) is 2.43. The number of fused-ring (bicyclic) bond motifs is 1. The highest BCUT2D eigenvalue weighted by Gasteiger charge is 2.34. The average Bonchev–Trinajstić information content (AvgIpc) is 2.42. The Kier molecular flexibility index (Phi) is 2.45. The van der Waals surface area contributed by atoms with Crippen LogP contribution in [0.15, 0.2) is 18.2 Å². The number of rotatable bonds is 2. The summed E-state index contributed by atoms with van der Waals surface area (Å²) in [6, 6.07) is 5.48. The van der Waals surface area contributed by atoms with Crippen molar-refractivity contribution in [2.75, 3.05) is 6.54 Å². The van der Waals surface area contributed by atoms with Crippen LogP contribution in [0, 0.1) is 6.92 Å². The van der Waals surface area contributed by atoms with Gasteiger partial charge in [0, 0.05) is 19.0 Å². The van der Waals surface area contributed by atoms with Crippen LogP contribution in [0.4, 0.5) is 8.78 Å². The summed E-state index contributed by atoms with van der Waals surface area (Å²) in [5.74, 6) is -3.12. The van der Waals surface area contributed by atoms with Crippen molar-refractivity contribution in [3.05, 3.63) is 34.9 Å². The van der Waals surface area contributed by atoms with Gasteiger partial charge in [0.25, 0.3) is 11.8 Å². The predicted octanol–water partition coefficient (Wildman–Crippen LogP) is 2.61. The van der Waals surface area contributed by atoms with Crippen molar-refractivity contribution in [2.45, 2.75) is 26.3 Å². The first-order valence-electron chi connectivity index (χ1n) is 5.14. The molecule has 2 rings (SSSR count). The van der Waals surface area contributed by atoms with Crippen LogP contribution in [-0.2, 0) is 6.54 Å². The van der Waals surface area contributed by atoms with Gasteiger partial charge in [-0.1, -0.05) is 18.2 Å². The first-order valence-corrected chi connectivity index (χ1v) is 5.14. The molecule has 1 aromatic rings. The molecule has 0 aliphatic carbocycles. The molecule has 0 saturated heterocycles.